The number of hydrogen-bond acceptors (Lipinski definition) is 5. The summed E-state index contributed by atoms with van der Waals surface area (Å²) in [5.41, 5.74) is 2.12. The Bertz CT molecular complexity index is 1250. The number of benzene rings is 2. The van der Waals surface area contributed by atoms with Gasteiger partial charge in [0.05, 0.1) is 24.1 Å². The van der Waals surface area contributed by atoms with E-state index in [0.717, 1.165) is 37.2 Å². The Kier molecular flexibility index (Phi) is 6.77. The first-order chi connectivity index (χ1) is 15.9. The monoisotopic (exact) mass is 468 g/mol. The summed E-state index contributed by atoms with van der Waals surface area (Å²) in [7, 11) is 1.60. The number of carbonyl (C=O) groups excluding carboxylic acids is 1. The van der Waals surface area contributed by atoms with Crippen LogP contribution in [0.3, 0.4) is 0 Å². The van der Waals surface area contributed by atoms with Gasteiger partial charge in [0.25, 0.3) is 5.91 Å². The van der Waals surface area contributed by atoms with Crippen molar-refractivity contribution in [2.75, 3.05) is 33.3 Å². The summed E-state index contributed by atoms with van der Waals surface area (Å²) in [4.78, 5) is 31.2. The fraction of sp³-hybridized carbons (Fsp3) is 0.385. The summed E-state index contributed by atoms with van der Waals surface area (Å²) < 4.78 is 11.5. The van der Waals surface area contributed by atoms with Gasteiger partial charge >= 0.3 is 0 Å². The van der Waals surface area contributed by atoms with Crippen LogP contribution in [0.25, 0.3) is 11.0 Å². The van der Waals surface area contributed by atoms with E-state index in [-0.39, 0.29) is 17.1 Å². The van der Waals surface area contributed by atoms with E-state index >= 15 is 0 Å². The lowest BCUT2D eigenvalue weighted by molar-refractivity contribution is 0.0720. The Morgan fingerprint density at radius 1 is 1.15 bits per heavy atom. The van der Waals surface area contributed by atoms with Crippen molar-refractivity contribution in [2.45, 2.75) is 33.2 Å². The first kappa shape index (κ1) is 23.3. The second kappa shape index (κ2) is 9.57. The van der Waals surface area contributed by atoms with Gasteiger partial charge < -0.3 is 19.0 Å². The third-order valence-corrected chi connectivity index (χ3v) is 6.83. The molecule has 7 heteroatoms. The molecule has 2 heterocycles. The first-order valence-corrected chi connectivity index (χ1v) is 11.7. The quantitative estimate of drug-likeness (QED) is 0.463. The first-order valence-electron chi connectivity index (χ1n) is 11.3. The van der Waals surface area contributed by atoms with Crippen LogP contribution in [-0.2, 0) is 0 Å². The predicted octanol–water partition coefficient (Wildman–Crippen LogP) is 5.04. The normalized spacial score (nSPS) is 15.5. The number of methoxy groups -OCH3 is 1. The fourth-order valence-electron chi connectivity index (χ4n) is 4.53. The lowest BCUT2D eigenvalue weighted by Crippen LogP contribution is -2.33. The molecular formula is C26H29ClN2O4. The van der Waals surface area contributed by atoms with Gasteiger partial charge in [0, 0.05) is 11.6 Å². The summed E-state index contributed by atoms with van der Waals surface area (Å²) in [6.07, 6.45) is 0.792. The molecule has 1 aliphatic heterocycles. The summed E-state index contributed by atoms with van der Waals surface area (Å²) in [5, 5.41) is 0.878. The number of fused-ring (bicyclic) bond motifs is 2. The second-order valence-electron chi connectivity index (χ2n) is 8.33. The second-order valence-corrected chi connectivity index (χ2v) is 8.74. The molecule has 1 amide bonds. The van der Waals surface area contributed by atoms with Crippen molar-refractivity contribution in [1.29, 1.82) is 0 Å². The van der Waals surface area contributed by atoms with Crippen molar-refractivity contribution in [2.24, 2.45) is 0 Å². The van der Waals surface area contributed by atoms with Crippen molar-refractivity contribution >= 4 is 28.5 Å². The molecular weight excluding hydrogens is 440 g/mol. The van der Waals surface area contributed by atoms with Gasteiger partial charge in [-0.2, -0.15) is 0 Å². The van der Waals surface area contributed by atoms with E-state index in [1.54, 1.807) is 24.1 Å². The Morgan fingerprint density at radius 3 is 2.61 bits per heavy atom. The van der Waals surface area contributed by atoms with Crippen molar-refractivity contribution in [3.05, 3.63) is 74.1 Å². The molecule has 0 saturated carbocycles. The van der Waals surface area contributed by atoms with Crippen LogP contribution in [0.5, 0.6) is 5.75 Å². The van der Waals surface area contributed by atoms with Crippen LogP contribution >= 0.6 is 11.6 Å². The molecule has 0 fully saturated rings. The van der Waals surface area contributed by atoms with Crippen molar-refractivity contribution in [3.63, 3.8) is 0 Å². The Balaban J connectivity index is 1.84. The molecule has 2 aromatic carbocycles. The number of aryl methyl sites for hydroxylation is 1. The van der Waals surface area contributed by atoms with Gasteiger partial charge in [-0.25, -0.2) is 0 Å². The van der Waals surface area contributed by atoms with E-state index in [0.29, 0.717) is 33.8 Å². The van der Waals surface area contributed by atoms with Crippen LogP contribution in [-0.4, -0.2) is 49.0 Å². The molecule has 174 valence electrons. The number of halogens is 1. The zero-order valence-corrected chi connectivity index (χ0v) is 20.2. The average Bonchev–Trinajstić information content (AvgIpc) is 3.10. The average molecular weight is 469 g/mol. The molecule has 0 spiro atoms. The predicted molar refractivity (Wildman–Crippen MR) is 131 cm³/mol. The van der Waals surface area contributed by atoms with Crippen LogP contribution in [0.15, 0.2) is 45.6 Å². The van der Waals surface area contributed by atoms with Gasteiger partial charge in [0.2, 0.25) is 5.76 Å². The molecule has 1 unspecified atom stereocenters. The standard InChI is InChI=1S/C26H29ClN2O4/c1-5-28(6-2)11-8-12-29-23(17-9-7-10-18(14-17)32-4)22-24(30)19-15-20(27)16(3)13-21(19)33-25(22)26(29)31/h7,9-10,13-15,23H,5-6,8,11-12H2,1-4H3. The smallest absolute Gasteiger partial charge is 0.290 e. The molecule has 1 atom stereocenters. The van der Waals surface area contributed by atoms with E-state index < -0.39 is 6.04 Å². The maximum Gasteiger partial charge on any atom is 0.290 e. The van der Waals surface area contributed by atoms with E-state index in [4.69, 9.17) is 20.8 Å². The highest BCUT2D eigenvalue weighted by molar-refractivity contribution is 6.32. The molecule has 33 heavy (non-hydrogen) atoms. The Morgan fingerprint density at radius 2 is 1.91 bits per heavy atom. The van der Waals surface area contributed by atoms with Crippen molar-refractivity contribution in [3.8, 4) is 5.75 Å². The van der Waals surface area contributed by atoms with Crippen molar-refractivity contribution < 1.29 is 13.9 Å². The maximum absolute atomic E-state index is 13.7. The van der Waals surface area contributed by atoms with E-state index in [1.807, 2.05) is 31.2 Å². The van der Waals surface area contributed by atoms with Crippen LogP contribution in [0, 0.1) is 6.92 Å². The minimum Gasteiger partial charge on any atom is -0.497 e. The molecule has 1 aromatic heterocycles. The van der Waals surface area contributed by atoms with Gasteiger partial charge in [0.15, 0.2) is 5.43 Å². The van der Waals surface area contributed by atoms with Crippen LogP contribution < -0.4 is 10.2 Å². The van der Waals surface area contributed by atoms with E-state index in [9.17, 15) is 9.59 Å². The lowest BCUT2D eigenvalue weighted by Gasteiger charge is -2.27. The fourth-order valence-corrected chi connectivity index (χ4v) is 4.70. The summed E-state index contributed by atoms with van der Waals surface area (Å²) in [6.45, 7) is 9.38. The Hall–Kier alpha value is -2.83. The van der Waals surface area contributed by atoms with Crippen LogP contribution in [0.1, 0.15) is 53.6 Å². The summed E-state index contributed by atoms with van der Waals surface area (Å²) in [5.74, 6) is 0.522. The highest BCUT2D eigenvalue weighted by Gasteiger charge is 2.42. The maximum atomic E-state index is 13.7. The number of hydrogen-bond donors (Lipinski definition) is 0. The van der Waals surface area contributed by atoms with E-state index in [2.05, 4.69) is 18.7 Å². The Labute approximate surface area is 198 Å². The minimum atomic E-state index is -0.542. The van der Waals surface area contributed by atoms with Crippen molar-refractivity contribution in [1.82, 2.24) is 9.80 Å². The summed E-state index contributed by atoms with van der Waals surface area (Å²) >= 11 is 6.31. The van der Waals surface area contributed by atoms with Gasteiger partial charge in [-0.15, -0.1) is 0 Å². The largest absolute Gasteiger partial charge is 0.497 e. The molecule has 0 bridgehead atoms. The van der Waals surface area contributed by atoms with E-state index in [1.165, 1.54) is 0 Å². The summed E-state index contributed by atoms with van der Waals surface area (Å²) in [6, 6.07) is 10.3. The number of nitrogens with zero attached hydrogens (tertiary/aromatic N) is 2. The number of amides is 1. The van der Waals surface area contributed by atoms with Gasteiger partial charge in [-0.1, -0.05) is 37.6 Å². The number of carbonyl (C=O) groups is 1. The number of ether oxygens (including phenoxy) is 1. The molecule has 6 nitrogen and oxygen atoms in total. The topological polar surface area (TPSA) is 63.0 Å². The van der Waals surface area contributed by atoms with Crippen LogP contribution in [0.4, 0.5) is 0 Å². The zero-order chi connectivity index (χ0) is 23.7. The lowest BCUT2D eigenvalue weighted by atomic mass is 9.98. The minimum absolute atomic E-state index is 0.116. The highest BCUT2D eigenvalue weighted by Crippen LogP contribution is 2.39. The molecule has 0 N–H and O–H groups in total. The molecule has 4 rings (SSSR count). The molecule has 1 aliphatic rings. The molecule has 0 aliphatic carbocycles. The van der Waals surface area contributed by atoms with Gasteiger partial charge in [-0.05, 0) is 68.4 Å². The van der Waals surface area contributed by atoms with Gasteiger partial charge in [0.1, 0.15) is 11.3 Å². The van der Waals surface area contributed by atoms with Crippen LogP contribution in [0.2, 0.25) is 5.02 Å². The molecule has 0 saturated heterocycles. The zero-order valence-electron chi connectivity index (χ0n) is 19.5. The molecule has 0 radical (unpaired) electrons. The number of rotatable bonds is 8. The third kappa shape index (κ3) is 4.25. The van der Waals surface area contributed by atoms with Gasteiger partial charge in [-0.3, -0.25) is 9.59 Å². The SMILES string of the molecule is CCN(CC)CCCN1C(=O)c2oc3cc(C)c(Cl)cc3c(=O)c2C1c1cccc(OC)c1. The highest BCUT2D eigenvalue weighted by atomic mass is 35.5. The third-order valence-electron chi connectivity index (χ3n) is 6.42. The molecule has 3 aromatic rings.